The highest BCUT2D eigenvalue weighted by atomic mass is 32.2. The zero-order chi connectivity index (χ0) is 22.7. The first-order valence-electron chi connectivity index (χ1n) is 9.35. The van der Waals surface area contributed by atoms with Crippen LogP contribution in [0.5, 0.6) is 11.6 Å². The molecule has 0 saturated heterocycles. The average Bonchev–Trinajstić information content (AvgIpc) is 3.14. The third-order valence-electron chi connectivity index (χ3n) is 4.33. The first-order chi connectivity index (χ1) is 15.3. The summed E-state index contributed by atoms with van der Waals surface area (Å²) < 4.78 is 60.9. The van der Waals surface area contributed by atoms with Crippen molar-refractivity contribution in [3.05, 3.63) is 90.0 Å². The van der Waals surface area contributed by atoms with Gasteiger partial charge in [-0.15, -0.1) is 10.2 Å². The zero-order valence-electron chi connectivity index (χ0n) is 16.7. The highest BCUT2D eigenvalue weighted by molar-refractivity contribution is 7.91. The van der Waals surface area contributed by atoms with Crippen LogP contribution in [-0.2, 0) is 15.8 Å². The van der Waals surface area contributed by atoms with Crippen molar-refractivity contribution in [2.45, 2.75) is 12.7 Å². The second kappa shape index (κ2) is 8.71. The SMILES string of the molecule is Cc1nccn1-c1ccc(Oc2ccc(NS(=O)(=O)Cc3cc(F)cc(F)c3)cc2)nn1. The van der Waals surface area contributed by atoms with Gasteiger partial charge in [0, 0.05) is 30.2 Å². The van der Waals surface area contributed by atoms with Gasteiger partial charge in [0.05, 0.1) is 5.75 Å². The quantitative estimate of drug-likeness (QED) is 0.451. The van der Waals surface area contributed by atoms with Crippen LogP contribution < -0.4 is 9.46 Å². The van der Waals surface area contributed by atoms with Gasteiger partial charge in [0.25, 0.3) is 0 Å². The van der Waals surface area contributed by atoms with Gasteiger partial charge in [0.2, 0.25) is 15.9 Å². The van der Waals surface area contributed by atoms with Crippen LogP contribution in [0, 0.1) is 18.6 Å². The standard InChI is InChI=1S/C21H17F2N5O3S/c1-14-24-8-9-28(14)20-6-7-21(26-25-20)31-19-4-2-18(3-5-19)27-32(29,30)13-15-10-16(22)12-17(23)11-15/h2-12,27H,13H2,1H3. The van der Waals surface area contributed by atoms with Gasteiger partial charge in [0.15, 0.2) is 5.82 Å². The van der Waals surface area contributed by atoms with Crippen LogP contribution in [0.25, 0.3) is 5.82 Å². The summed E-state index contributed by atoms with van der Waals surface area (Å²) in [5.74, 6) is -0.211. The molecule has 0 radical (unpaired) electrons. The van der Waals surface area contributed by atoms with Gasteiger partial charge in [-0.3, -0.25) is 9.29 Å². The smallest absolute Gasteiger partial charge is 0.238 e. The Bertz CT molecular complexity index is 1320. The second-order valence-corrected chi connectivity index (χ2v) is 8.56. The number of nitrogens with zero attached hydrogens (tertiary/aromatic N) is 4. The van der Waals surface area contributed by atoms with Crippen molar-refractivity contribution < 1.29 is 21.9 Å². The van der Waals surface area contributed by atoms with E-state index in [1.54, 1.807) is 41.2 Å². The molecule has 164 valence electrons. The molecule has 32 heavy (non-hydrogen) atoms. The lowest BCUT2D eigenvalue weighted by Crippen LogP contribution is -2.15. The molecule has 0 unspecified atom stereocenters. The fourth-order valence-electron chi connectivity index (χ4n) is 2.96. The van der Waals surface area contributed by atoms with Crippen LogP contribution in [0.15, 0.2) is 67.0 Å². The van der Waals surface area contributed by atoms with Gasteiger partial charge < -0.3 is 4.74 Å². The summed E-state index contributed by atoms with van der Waals surface area (Å²) in [5.41, 5.74) is 0.272. The van der Waals surface area contributed by atoms with Gasteiger partial charge in [-0.2, -0.15) is 0 Å². The molecule has 11 heteroatoms. The molecule has 0 atom stereocenters. The molecule has 0 bridgehead atoms. The maximum atomic E-state index is 13.3. The van der Waals surface area contributed by atoms with Gasteiger partial charge >= 0.3 is 0 Å². The molecule has 2 aromatic heterocycles. The Hall–Kier alpha value is -3.86. The summed E-state index contributed by atoms with van der Waals surface area (Å²) in [4.78, 5) is 4.13. The lowest BCUT2D eigenvalue weighted by atomic mass is 10.2. The number of hydrogen-bond donors (Lipinski definition) is 1. The molecule has 0 fully saturated rings. The van der Waals surface area contributed by atoms with Crippen LogP contribution >= 0.6 is 0 Å². The maximum Gasteiger partial charge on any atom is 0.238 e. The van der Waals surface area contributed by atoms with Gasteiger partial charge in [-0.25, -0.2) is 22.2 Å². The van der Waals surface area contributed by atoms with E-state index < -0.39 is 27.4 Å². The minimum atomic E-state index is -3.88. The third-order valence-corrected chi connectivity index (χ3v) is 5.59. The Kier molecular flexibility index (Phi) is 5.82. The van der Waals surface area contributed by atoms with E-state index in [2.05, 4.69) is 19.9 Å². The number of anilines is 1. The molecule has 4 aromatic rings. The predicted molar refractivity (Wildman–Crippen MR) is 113 cm³/mol. The Morgan fingerprint density at radius 3 is 2.31 bits per heavy atom. The first kappa shape index (κ1) is 21.4. The number of imidazole rings is 1. The van der Waals surface area contributed by atoms with E-state index in [4.69, 9.17) is 4.74 Å². The van der Waals surface area contributed by atoms with Crippen molar-refractivity contribution in [2.24, 2.45) is 0 Å². The summed E-state index contributed by atoms with van der Waals surface area (Å²) in [6.07, 6.45) is 3.43. The number of nitrogens with one attached hydrogen (secondary N) is 1. The number of rotatable bonds is 7. The Morgan fingerprint density at radius 1 is 1.00 bits per heavy atom. The number of benzene rings is 2. The van der Waals surface area contributed by atoms with Crippen molar-refractivity contribution in [1.82, 2.24) is 19.7 Å². The number of ether oxygens (including phenoxy) is 1. The minimum Gasteiger partial charge on any atom is -0.438 e. The lowest BCUT2D eigenvalue weighted by molar-refractivity contribution is 0.454. The third kappa shape index (κ3) is 5.24. The molecule has 0 aliphatic carbocycles. The molecule has 0 aliphatic rings. The second-order valence-electron chi connectivity index (χ2n) is 6.84. The van der Waals surface area contributed by atoms with Crippen LogP contribution in [0.1, 0.15) is 11.4 Å². The van der Waals surface area contributed by atoms with E-state index in [9.17, 15) is 17.2 Å². The molecular weight excluding hydrogens is 440 g/mol. The fourth-order valence-corrected chi connectivity index (χ4v) is 4.13. The monoisotopic (exact) mass is 457 g/mol. The first-order valence-corrected chi connectivity index (χ1v) is 11.0. The highest BCUT2D eigenvalue weighted by Crippen LogP contribution is 2.23. The number of aryl methyl sites for hydroxylation is 1. The molecule has 8 nitrogen and oxygen atoms in total. The van der Waals surface area contributed by atoms with Crippen LogP contribution in [0.3, 0.4) is 0 Å². The predicted octanol–water partition coefficient (Wildman–Crippen LogP) is 3.98. The van der Waals surface area contributed by atoms with E-state index in [1.165, 1.54) is 12.1 Å². The van der Waals surface area contributed by atoms with Crippen LogP contribution in [0.2, 0.25) is 0 Å². The van der Waals surface area contributed by atoms with Gasteiger partial charge in [0.1, 0.15) is 23.2 Å². The largest absolute Gasteiger partial charge is 0.438 e. The Balaban J connectivity index is 1.40. The number of halogens is 2. The maximum absolute atomic E-state index is 13.3. The molecule has 0 aliphatic heterocycles. The van der Waals surface area contributed by atoms with E-state index >= 15 is 0 Å². The molecule has 0 saturated carbocycles. The number of hydrogen-bond acceptors (Lipinski definition) is 6. The van der Waals surface area contributed by atoms with Crippen LogP contribution in [-0.4, -0.2) is 28.2 Å². The Labute approximate surface area is 182 Å². The normalized spacial score (nSPS) is 11.3. The molecular formula is C21H17F2N5O3S. The molecule has 2 heterocycles. The lowest BCUT2D eigenvalue weighted by Gasteiger charge is -2.10. The van der Waals surface area contributed by atoms with E-state index in [0.29, 0.717) is 17.6 Å². The summed E-state index contributed by atoms with van der Waals surface area (Å²) in [7, 11) is -3.88. The summed E-state index contributed by atoms with van der Waals surface area (Å²) in [5, 5.41) is 8.12. The van der Waals surface area contributed by atoms with Crippen molar-refractivity contribution in [3.8, 4) is 17.4 Å². The van der Waals surface area contributed by atoms with Crippen LogP contribution in [0.4, 0.5) is 14.5 Å². The summed E-state index contributed by atoms with van der Waals surface area (Å²) in [6.45, 7) is 1.85. The number of sulfonamides is 1. The molecule has 0 spiro atoms. The topological polar surface area (TPSA) is 99.0 Å². The van der Waals surface area contributed by atoms with Crippen molar-refractivity contribution in [3.63, 3.8) is 0 Å². The van der Waals surface area contributed by atoms with Gasteiger partial charge in [-0.1, -0.05) is 0 Å². The van der Waals surface area contributed by atoms with E-state index in [1.807, 2.05) is 6.92 Å². The fraction of sp³-hybridized carbons (Fsp3) is 0.0952. The molecule has 2 aromatic carbocycles. The van der Waals surface area contributed by atoms with Crippen molar-refractivity contribution in [1.29, 1.82) is 0 Å². The van der Waals surface area contributed by atoms with E-state index in [0.717, 1.165) is 18.0 Å². The minimum absolute atomic E-state index is 0.00265. The summed E-state index contributed by atoms with van der Waals surface area (Å²) >= 11 is 0. The van der Waals surface area contributed by atoms with Gasteiger partial charge in [-0.05, 0) is 55.0 Å². The highest BCUT2D eigenvalue weighted by Gasteiger charge is 2.14. The van der Waals surface area contributed by atoms with E-state index in [-0.39, 0.29) is 17.1 Å². The van der Waals surface area contributed by atoms with Crippen molar-refractivity contribution >= 4 is 15.7 Å². The van der Waals surface area contributed by atoms with Crippen molar-refractivity contribution in [2.75, 3.05) is 4.72 Å². The average molecular weight is 457 g/mol. The number of aromatic nitrogens is 4. The summed E-state index contributed by atoms with van der Waals surface area (Å²) in [6, 6.07) is 12.1. The Morgan fingerprint density at radius 2 is 1.72 bits per heavy atom. The molecule has 0 amide bonds. The zero-order valence-corrected chi connectivity index (χ0v) is 17.6. The molecule has 4 rings (SSSR count). The molecule has 1 N–H and O–H groups in total.